The van der Waals surface area contributed by atoms with E-state index in [4.69, 9.17) is 14.2 Å². The second-order valence-corrected chi connectivity index (χ2v) is 8.37. The summed E-state index contributed by atoms with van der Waals surface area (Å²) in [6, 6.07) is 0. The molecule has 1 aliphatic heterocycles. The molecule has 1 saturated heterocycles. The maximum absolute atomic E-state index is 12.5. The Morgan fingerprint density at radius 2 is 1.88 bits per heavy atom. The molecule has 136 valence electrons. The van der Waals surface area contributed by atoms with Crippen molar-refractivity contribution in [1.82, 2.24) is 0 Å². The van der Waals surface area contributed by atoms with Crippen LogP contribution < -0.4 is 0 Å². The van der Waals surface area contributed by atoms with E-state index in [1.54, 1.807) is 0 Å². The molecule has 0 N–H and O–H groups in total. The third kappa shape index (κ3) is 1.94. The Morgan fingerprint density at radius 3 is 2.48 bits per heavy atom. The van der Waals surface area contributed by atoms with Gasteiger partial charge >= 0.3 is 17.9 Å². The fourth-order valence-corrected chi connectivity index (χ4v) is 6.03. The van der Waals surface area contributed by atoms with Gasteiger partial charge in [-0.25, -0.2) is 4.79 Å². The topological polar surface area (TPSA) is 78.9 Å². The third-order valence-electron chi connectivity index (χ3n) is 7.17. The second-order valence-electron chi connectivity index (χ2n) is 8.37. The predicted octanol–water partition coefficient (Wildman–Crippen LogP) is 2.01. The minimum Gasteiger partial charge on any atom is -0.462 e. The maximum Gasteiger partial charge on any atom is 0.334 e. The molecule has 0 aromatic rings. The SMILES string of the molecule is C=C1C(=O)O[C@@]23[C@@H](C)[C@@H](OC(C)=O)C[C@H]2[C@]2(C)C[C@@H]2[C@@H]1[C@@H]3OC(C)=O. The fourth-order valence-electron chi connectivity index (χ4n) is 6.03. The molecular formula is C19H24O6. The number of carbonyl (C=O) groups is 3. The van der Waals surface area contributed by atoms with Crippen LogP contribution in [0.5, 0.6) is 0 Å². The lowest BCUT2D eigenvalue weighted by molar-refractivity contribution is -0.236. The van der Waals surface area contributed by atoms with Gasteiger partial charge < -0.3 is 14.2 Å². The Bertz CT molecular complexity index is 698. The number of fused-ring (bicyclic) bond motifs is 4. The van der Waals surface area contributed by atoms with Crippen LogP contribution in [0.4, 0.5) is 0 Å². The summed E-state index contributed by atoms with van der Waals surface area (Å²) >= 11 is 0. The van der Waals surface area contributed by atoms with Crippen molar-refractivity contribution in [3.05, 3.63) is 12.2 Å². The van der Waals surface area contributed by atoms with Crippen LogP contribution in [0.15, 0.2) is 12.2 Å². The lowest BCUT2D eigenvalue weighted by Crippen LogP contribution is -2.66. The summed E-state index contributed by atoms with van der Waals surface area (Å²) in [6.07, 6.45) is 0.655. The largest absolute Gasteiger partial charge is 0.462 e. The molecule has 6 nitrogen and oxygen atoms in total. The van der Waals surface area contributed by atoms with Crippen LogP contribution in [0.25, 0.3) is 0 Å². The molecule has 0 amide bonds. The summed E-state index contributed by atoms with van der Waals surface area (Å²) in [4.78, 5) is 35.9. The van der Waals surface area contributed by atoms with Gasteiger partial charge in [-0.05, 0) is 24.2 Å². The molecule has 2 bridgehead atoms. The highest BCUT2D eigenvalue weighted by atomic mass is 16.6. The highest BCUT2D eigenvalue weighted by Crippen LogP contribution is 2.76. The summed E-state index contributed by atoms with van der Waals surface area (Å²) in [5.41, 5.74) is -0.558. The third-order valence-corrected chi connectivity index (χ3v) is 7.17. The second kappa shape index (κ2) is 4.86. The number of ether oxygens (including phenoxy) is 3. The molecule has 4 aliphatic rings. The first-order valence-electron chi connectivity index (χ1n) is 8.89. The molecule has 0 unspecified atom stereocenters. The van der Waals surface area contributed by atoms with E-state index in [9.17, 15) is 14.4 Å². The zero-order valence-electron chi connectivity index (χ0n) is 15.0. The first-order chi connectivity index (χ1) is 11.6. The van der Waals surface area contributed by atoms with Crippen molar-refractivity contribution in [2.75, 3.05) is 0 Å². The molecule has 3 aliphatic carbocycles. The summed E-state index contributed by atoms with van der Waals surface area (Å²) in [6.45, 7) is 10.8. The molecule has 6 heteroatoms. The van der Waals surface area contributed by atoms with E-state index in [1.165, 1.54) is 13.8 Å². The van der Waals surface area contributed by atoms with Crippen LogP contribution in [0, 0.1) is 29.1 Å². The van der Waals surface area contributed by atoms with Crippen molar-refractivity contribution in [3.63, 3.8) is 0 Å². The Morgan fingerprint density at radius 1 is 1.24 bits per heavy atom. The minimum atomic E-state index is -0.948. The van der Waals surface area contributed by atoms with Crippen molar-refractivity contribution >= 4 is 17.9 Å². The predicted molar refractivity (Wildman–Crippen MR) is 86.0 cm³/mol. The van der Waals surface area contributed by atoms with Crippen LogP contribution >= 0.6 is 0 Å². The van der Waals surface area contributed by atoms with E-state index in [0.29, 0.717) is 12.0 Å². The van der Waals surface area contributed by atoms with E-state index in [0.717, 1.165) is 6.42 Å². The van der Waals surface area contributed by atoms with E-state index < -0.39 is 23.6 Å². The Kier molecular flexibility index (Phi) is 3.23. The van der Waals surface area contributed by atoms with Gasteiger partial charge in [0.2, 0.25) is 0 Å². The number of hydrogen-bond donors (Lipinski definition) is 0. The van der Waals surface area contributed by atoms with Gasteiger partial charge in [0.1, 0.15) is 12.2 Å². The summed E-state index contributed by atoms with van der Waals surface area (Å²) in [5, 5.41) is 0. The van der Waals surface area contributed by atoms with Crippen molar-refractivity contribution in [2.45, 2.75) is 58.3 Å². The minimum absolute atomic E-state index is 0.00185. The van der Waals surface area contributed by atoms with Gasteiger partial charge in [0.05, 0.1) is 0 Å². The Hall–Kier alpha value is -1.85. The first kappa shape index (κ1) is 16.6. The highest BCUT2D eigenvalue weighted by Gasteiger charge is 2.81. The molecule has 0 radical (unpaired) electrons. The molecular weight excluding hydrogens is 324 g/mol. The number of rotatable bonds is 2. The van der Waals surface area contributed by atoms with Crippen LogP contribution in [0.2, 0.25) is 0 Å². The summed E-state index contributed by atoms with van der Waals surface area (Å²) < 4.78 is 17.2. The summed E-state index contributed by atoms with van der Waals surface area (Å²) in [5.74, 6) is -1.38. The normalized spacial score (nSPS) is 49.6. The first-order valence-corrected chi connectivity index (χ1v) is 8.89. The average molecular weight is 348 g/mol. The molecule has 0 aromatic heterocycles. The lowest BCUT2D eigenvalue weighted by atomic mass is 9.60. The zero-order chi connectivity index (χ0) is 18.3. The van der Waals surface area contributed by atoms with Crippen LogP contribution in [-0.2, 0) is 28.6 Å². The number of hydrogen-bond acceptors (Lipinski definition) is 6. The van der Waals surface area contributed by atoms with Gasteiger partial charge in [-0.2, -0.15) is 0 Å². The van der Waals surface area contributed by atoms with E-state index in [1.807, 2.05) is 6.92 Å². The molecule has 1 spiro atoms. The van der Waals surface area contributed by atoms with Crippen molar-refractivity contribution in [2.24, 2.45) is 29.1 Å². The fraction of sp³-hybridized carbons (Fsp3) is 0.737. The van der Waals surface area contributed by atoms with E-state index in [-0.39, 0.29) is 41.2 Å². The van der Waals surface area contributed by atoms with Gasteiger partial charge in [-0.3, -0.25) is 9.59 Å². The quantitative estimate of drug-likeness (QED) is 0.431. The average Bonchev–Trinajstić information content (AvgIpc) is 3.10. The Labute approximate surface area is 146 Å². The van der Waals surface area contributed by atoms with Crippen molar-refractivity contribution in [1.29, 1.82) is 0 Å². The van der Waals surface area contributed by atoms with Crippen LogP contribution in [0.1, 0.15) is 40.5 Å². The lowest BCUT2D eigenvalue weighted by Gasteiger charge is -2.55. The number of carbonyl (C=O) groups excluding carboxylic acids is 3. The van der Waals surface area contributed by atoms with Gasteiger partial charge in [0.25, 0.3) is 0 Å². The van der Waals surface area contributed by atoms with Gasteiger partial charge in [-0.15, -0.1) is 0 Å². The zero-order valence-corrected chi connectivity index (χ0v) is 15.0. The molecule has 25 heavy (non-hydrogen) atoms. The highest BCUT2D eigenvalue weighted by molar-refractivity contribution is 5.91. The van der Waals surface area contributed by atoms with Crippen molar-refractivity contribution in [3.8, 4) is 0 Å². The molecule has 3 saturated carbocycles. The van der Waals surface area contributed by atoms with Gasteiger partial charge in [-0.1, -0.05) is 20.4 Å². The molecule has 4 fully saturated rings. The standard InChI is InChI=1S/C19H24O6/c1-8-15-12-7-18(12,5)14-6-13(23-10(3)20)9(2)19(14,25-17(8)22)16(15)24-11(4)21/h9,12-16H,1,6-7H2,2-5H3/t9-,12+,13-,14-,15+,16-,18+,19-/m0/s1. The molecule has 1 heterocycles. The van der Waals surface area contributed by atoms with Crippen molar-refractivity contribution < 1.29 is 28.6 Å². The molecule has 4 rings (SSSR count). The monoisotopic (exact) mass is 348 g/mol. The molecule has 0 aromatic carbocycles. The number of esters is 3. The smallest absolute Gasteiger partial charge is 0.334 e. The van der Waals surface area contributed by atoms with E-state index in [2.05, 4.69) is 13.5 Å². The maximum atomic E-state index is 12.5. The summed E-state index contributed by atoms with van der Waals surface area (Å²) in [7, 11) is 0. The van der Waals surface area contributed by atoms with Crippen LogP contribution in [0.3, 0.4) is 0 Å². The van der Waals surface area contributed by atoms with Crippen LogP contribution in [-0.4, -0.2) is 35.7 Å². The van der Waals surface area contributed by atoms with Gasteiger partial charge in [0.15, 0.2) is 5.60 Å². The van der Waals surface area contributed by atoms with Gasteiger partial charge in [0, 0.05) is 37.2 Å². The Balaban J connectivity index is 1.84. The van der Waals surface area contributed by atoms with E-state index >= 15 is 0 Å². The molecule has 8 atom stereocenters.